The van der Waals surface area contributed by atoms with E-state index in [1.54, 1.807) is 0 Å². The standard InChI is InChI=1S/C28H37N7O5/c1-16(2)10-23(28(39)40)34-25(36)22(12-18-14-30-15-32-18)33-26(37)24-8-5-9-35(24)27(38)20(29)11-17-13-31-21-7-4-3-6-19(17)21/h3-4,6-7,13-16,20,22-24,31H,5,8-12,29H2,1-2H3,(H,30,32)(H,33,37)(H,34,36)(H,39,40). The third kappa shape index (κ3) is 6.87. The number of fused-ring (bicyclic) bond motifs is 1. The van der Waals surface area contributed by atoms with Crippen LogP contribution in [-0.2, 0) is 32.0 Å². The average Bonchev–Trinajstić information content (AvgIpc) is 3.69. The van der Waals surface area contributed by atoms with Crippen molar-refractivity contribution in [3.63, 3.8) is 0 Å². The van der Waals surface area contributed by atoms with E-state index in [-0.39, 0.29) is 24.7 Å². The van der Waals surface area contributed by atoms with Crippen molar-refractivity contribution in [3.05, 3.63) is 54.2 Å². The number of carbonyl (C=O) groups excluding carboxylic acids is 3. The predicted molar refractivity (Wildman–Crippen MR) is 148 cm³/mol. The van der Waals surface area contributed by atoms with Crippen LogP contribution in [0.15, 0.2) is 43.0 Å². The number of carbonyl (C=O) groups is 4. The molecule has 1 aromatic carbocycles. The number of imidazole rings is 1. The molecule has 12 nitrogen and oxygen atoms in total. The van der Waals surface area contributed by atoms with Crippen LogP contribution in [-0.4, -0.2) is 79.4 Å². The highest BCUT2D eigenvalue weighted by molar-refractivity contribution is 5.95. The van der Waals surface area contributed by atoms with Gasteiger partial charge in [0.05, 0.1) is 12.4 Å². The molecule has 1 saturated heterocycles. The lowest BCUT2D eigenvalue weighted by Crippen LogP contribution is -2.57. The minimum Gasteiger partial charge on any atom is -0.480 e. The second-order valence-corrected chi connectivity index (χ2v) is 10.7. The highest BCUT2D eigenvalue weighted by Crippen LogP contribution is 2.22. The number of rotatable bonds is 12. The highest BCUT2D eigenvalue weighted by atomic mass is 16.4. The molecule has 0 bridgehead atoms. The Morgan fingerprint density at radius 1 is 1.12 bits per heavy atom. The number of aromatic amines is 2. The normalized spacial score (nSPS) is 17.5. The van der Waals surface area contributed by atoms with Gasteiger partial charge >= 0.3 is 5.97 Å². The van der Waals surface area contributed by atoms with E-state index in [1.807, 2.05) is 44.3 Å². The first-order valence-electron chi connectivity index (χ1n) is 13.6. The average molecular weight is 552 g/mol. The zero-order chi connectivity index (χ0) is 28.8. The fourth-order valence-corrected chi connectivity index (χ4v) is 5.20. The molecule has 4 unspecified atom stereocenters. The quantitative estimate of drug-likeness (QED) is 0.194. The molecule has 4 atom stereocenters. The number of H-pyrrole nitrogens is 2. The molecule has 12 heteroatoms. The lowest BCUT2D eigenvalue weighted by molar-refractivity contribution is -0.143. The Hall–Kier alpha value is -4.19. The Kier molecular flexibility index (Phi) is 9.20. The molecular weight excluding hydrogens is 514 g/mol. The third-order valence-corrected chi connectivity index (χ3v) is 7.20. The van der Waals surface area contributed by atoms with Gasteiger partial charge in [-0.15, -0.1) is 0 Å². The Bertz CT molecular complexity index is 1340. The van der Waals surface area contributed by atoms with Crippen LogP contribution in [0.3, 0.4) is 0 Å². The Balaban J connectivity index is 1.45. The number of nitrogens with two attached hydrogens (primary N) is 1. The zero-order valence-electron chi connectivity index (χ0n) is 22.7. The number of hydrogen-bond acceptors (Lipinski definition) is 6. The Morgan fingerprint density at radius 3 is 2.60 bits per heavy atom. The molecule has 0 spiro atoms. The number of carboxylic acids is 1. The van der Waals surface area contributed by atoms with Crippen LogP contribution in [0.25, 0.3) is 10.9 Å². The summed E-state index contributed by atoms with van der Waals surface area (Å²) in [4.78, 5) is 63.3. The van der Waals surface area contributed by atoms with Gasteiger partial charge in [-0.2, -0.15) is 0 Å². The second-order valence-electron chi connectivity index (χ2n) is 10.7. The topological polar surface area (TPSA) is 186 Å². The van der Waals surface area contributed by atoms with E-state index in [0.29, 0.717) is 31.5 Å². The van der Waals surface area contributed by atoms with Crippen LogP contribution in [0, 0.1) is 5.92 Å². The van der Waals surface area contributed by atoms with Crippen molar-refractivity contribution < 1.29 is 24.3 Å². The first-order chi connectivity index (χ1) is 19.1. The van der Waals surface area contributed by atoms with Crippen molar-refractivity contribution in [2.45, 2.75) is 70.1 Å². The number of hydrogen-bond donors (Lipinski definition) is 6. The lowest BCUT2D eigenvalue weighted by atomic mass is 10.0. The summed E-state index contributed by atoms with van der Waals surface area (Å²) in [5, 5.41) is 15.9. The van der Waals surface area contributed by atoms with E-state index in [2.05, 4.69) is 25.6 Å². The van der Waals surface area contributed by atoms with E-state index >= 15 is 0 Å². The first-order valence-corrected chi connectivity index (χ1v) is 13.6. The van der Waals surface area contributed by atoms with Gasteiger partial charge in [0.25, 0.3) is 0 Å². The second kappa shape index (κ2) is 12.8. The van der Waals surface area contributed by atoms with Crippen molar-refractivity contribution >= 4 is 34.6 Å². The molecule has 2 aromatic heterocycles. The molecule has 3 heterocycles. The van der Waals surface area contributed by atoms with Crippen LogP contribution in [0.4, 0.5) is 0 Å². The van der Waals surface area contributed by atoms with Gasteiger partial charge in [-0.1, -0.05) is 32.0 Å². The van der Waals surface area contributed by atoms with E-state index in [1.165, 1.54) is 17.4 Å². The van der Waals surface area contributed by atoms with E-state index in [4.69, 9.17) is 5.73 Å². The Labute approximate surface area is 232 Å². The van der Waals surface area contributed by atoms with Gasteiger partial charge in [0.1, 0.15) is 18.1 Å². The zero-order valence-corrected chi connectivity index (χ0v) is 22.7. The molecule has 4 rings (SSSR count). The summed E-state index contributed by atoms with van der Waals surface area (Å²) in [7, 11) is 0. The molecule has 0 aliphatic carbocycles. The van der Waals surface area contributed by atoms with E-state index < -0.39 is 42.0 Å². The number of nitrogens with one attached hydrogen (secondary N) is 4. The molecule has 3 amide bonds. The van der Waals surface area contributed by atoms with Gasteiger partial charge in [-0.05, 0) is 43.2 Å². The lowest BCUT2D eigenvalue weighted by Gasteiger charge is -2.28. The fraction of sp³-hybridized carbons (Fsp3) is 0.464. The number of benzene rings is 1. The Morgan fingerprint density at radius 2 is 1.90 bits per heavy atom. The van der Waals surface area contributed by atoms with Crippen molar-refractivity contribution in [2.75, 3.05) is 6.54 Å². The van der Waals surface area contributed by atoms with Crippen molar-refractivity contribution in [2.24, 2.45) is 11.7 Å². The van der Waals surface area contributed by atoms with Crippen molar-refractivity contribution in [3.8, 4) is 0 Å². The van der Waals surface area contributed by atoms with Crippen LogP contribution < -0.4 is 16.4 Å². The number of nitrogens with zero attached hydrogens (tertiary/aromatic N) is 2. The molecule has 1 aliphatic rings. The molecule has 0 saturated carbocycles. The number of aromatic nitrogens is 3. The van der Waals surface area contributed by atoms with E-state index in [9.17, 15) is 24.3 Å². The van der Waals surface area contributed by atoms with Gasteiger partial charge in [0.15, 0.2) is 0 Å². The number of carboxylic acid groups (broad SMARTS) is 1. The SMILES string of the molecule is CC(C)CC(NC(=O)C(Cc1cnc[nH]1)NC(=O)C1CCCN1C(=O)C(N)Cc1c[nH]c2ccccc12)C(=O)O. The third-order valence-electron chi connectivity index (χ3n) is 7.20. The molecule has 1 fully saturated rings. The van der Waals surface area contributed by atoms with Gasteiger partial charge in [-0.25, -0.2) is 9.78 Å². The van der Waals surface area contributed by atoms with Crippen LogP contribution in [0.2, 0.25) is 0 Å². The summed E-state index contributed by atoms with van der Waals surface area (Å²) in [6, 6.07) is 3.96. The van der Waals surface area contributed by atoms with E-state index in [0.717, 1.165) is 16.5 Å². The minimum absolute atomic E-state index is 0.0357. The summed E-state index contributed by atoms with van der Waals surface area (Å²) in [6.45, 7) is 4.10. The summed E-state index contributed by atoms with van der Waals surface area (Å²) in [5.41, 5.74) is 8.80. The monoisotopic (exact) mass is 551 g/mol. The largest absolute Gasteiger partial charge is 0.480 e. The minimum atomic E-state index is -1.15. The molecule has 40 heavy (non-hydrogen) atoms. The summed E-state index contributed by atoms with van der Waals surface area (Å²) in [5.74, 6) is -2.55. The van der Waals surface area contributed by atoms with Crippen LogP contribution >= 0.6 is 0 Å². The maximum absolute atomic E-state index is 13.4. The highest BCUT2D eigenvalue weighted by Gasteiger charge is 2.38. The summed E-state index contributed by atoms with van der Waals surface area (Å²) >= 11 is 0. The molecule has 7 N–H and O–H groups in total. The molecular formula is C28H37N7O5. The van der Waals surface area contributed by atoms with Crippen LogP contribution in [0.1, 0.15) is 44.4 Å². The van der Waals surface area contributed by atoms with Gasteiger partial charge in [0.2, 0.25) is 17.7 Å². The maximum atomic E-state index is 13.4. The van der Waals surface area contributed by atoms with Crippen molar-refractivity contribution in [1.82, 2.24) is 30.5 Å². The summed E-state index contributed by atoms with van der Waals surface area (Å²) in [6.07, 6.45) is 6.51. The van der Waals surface area contributed by atoms with Gasteiger partial charge in [0, 0.05) is 42.0 Å². The molecule has 1 aliphatic heterocycles. The first kappa shape index (κ1) is 28.8. The summed E-state index contributed by atoms with van der Waals surface area (Å²) < 4.78 is 0. The number of amides is 3. The number of para-hydroxylation sites is 1. The van der Waals surface area contributed by atoms with Gasteiger partial charge in [-0.3, -0.25) is 14.4 Å². The molecule has 0 radical (unpaired) electrons. The van der Waals surface area contributed by atoms with Gasteiger partial charge < -0.3 is 36.3 Å². The molecule has 3 aromatic rings. The van der Waals surface area contributed by atoms with Crippen molar-refractivity contribution in [1.29, 1.82) is 0 Å². The number of likely N-dealkylation sites (tertiary alicyclic amines) is 1. The molecule has 214 valence electrons. The van der Waals surface area contributed by atoms with Crippen LogP contribution in [0.5, 0.6) is 0 Å². The fourth-order valence-electron chi connectivity index (χ4n) is 5.20. The predicted octanol–water partition coefficient (Wildman–Crippen LogP) is 1.09. The maximum Gasteiger partial charge on any atom is 0.326 e. The number of aliphatic carboxylic acids is 1. The smallest absolute Gasteiger partial charge is 0.326 e.